The molecule has 1 aromatic rings. The predicted octanol–water partition coefficient (Wildman–Crippen LogP) is 3.02. The van der Waals surface area contributed by atoms with E-state index in [2.05, 4.69) is 22.5 Å². The molecule has 0 radical (unpaired) electrons. The summed E-state index contributed by atoms with van der Waals surface area (Å²) in [6.45, 7) is 5.37. The summed E-state index contributed by atoms with van der Waals surface area (Å²) < 4.78 is 0.780. The molecule has 0 aliphatic heterocycles. The molecule has 0 heterocycles. The summed E-state index contributed by atoms with van der Waals surface area (Å²) in [5.41, 5.74) is 0.911. The van der Waals surface area contributed by atoms with E-state index in [0.29, 0.717) is 12.0 Å². The Morgan fingerprint density at radius 3 is 2.67 bits per heavy atom. The van der Waals surface area contributed by atoms with Gasteiger partial charge < -0.3 is 5.11 Å². The predicted molar refractivity (Wildman–Crippen MR) is 63.5 cm³/mol. The van der Waals surface area contributed by atoms with Gasteiger partial charge in [0.2, 0.25) is 0 Å². The molecule has 0 bridgehead atoms. The SMILES string of the molecule is C=C(C(=O)CC)[C@H](O)c1ccccc1Br. The second-order valence-corrected chi connectivity index (χ2v) is 4.08. The van der Waals surface area contributed by atoms with Crippen LogP contribution in [0.15, 0.2) is 40.9 Å². The highest BCUT2D eigenvalue weighted by molar-refractivity contribution is 9.10. The summed E-state index contributed by atoms with van der Waals surface area (Å²) in [6.07, 6.45) is -0.562. The Kier molecular flexibility index (Phi) is 4.24. The molecule has 0 unspecified atom stereocenters. The molecule has 1 atom stereocenters. The third-order valence-electron chi connectivity index (χ3n) is 2.21. The number of carbonyl (C=O) groups is 1. The molecule has 0 fully saturated rings. The van der Waals surface area contributed by atoms with E-state index >= 15 is 0 Å². The van der Waals surface area contributed by atoms with Gasteiger partial charge in [-0.3, -0.25) is 4.79 Å². The molecule has 15 heavy (non-hydrogen) atoms. The van der Waals surface area contributed by atoms with Crippen molar-refractivity contribution in [3.63, 3.8) is 0 Å². The van der Waals surface area contributed by atoms with E-state index in [1.807, 2.05) is 18.2 Å². The van der Waals surface area contributed by atoms with Crippen LogP contribution >= 0.6 is 15.9 Å². The minimum absolute atomic E-state index is 0.113. The van der Waals surface area contributed by atoms with Crippen molar-refractivity contribution in [1.29, 1.82) is 0 Å². The number of aliphatic hydroxyl groups is 1. The number of carbonyl (C=O) groups excluding carboxylic acids is 1. The molecule has 1 rings (SSSR count). The fourth-order valence-electron chi connectivity index (χ4n) is 1.26. The third kappa shape index (κ3) is 2.76. The van der Waals surface area contributed by atoms with Crippen LogP contribution < -0.4 is 0 Å². The van der Waals surface area contributed by atoms with Crippen molar-refractivity contribution in [2.75, 3.05) is 0 Å². The van der Waals surface area contributed by atoms with Gasteiger partial charge in [-0.05, 0) is 11.6 Å². The van der Waals surface area contributed by atoms with Crippen molar-refractivity contribution >= 4 is 21.7 Å². The molecule has 1 N–H and O–H groups in total. The van der Waals surface area contributed by atoms with Gasteiger partial charge >= 0.3 is 0 Å². The lowest BCUT2D eigenvalue weighted by Gasteiger charge is -2.14. The molecule has 0 spiro atoms. The Bertz CT molecular complexity index is 385. The van der Waals surface area contributed by atoms with Crippen molar-refractivity contribution in [3.05, 3.63) is 46.5 Å². The molecular weight excluding hydrogens is 256 g/mol. The first-order valence-electron chi connectivity index (χ1n) is 4.72. The van der Waals surface area contributed by atoms with Gasteiger partial charge in [-0.1, -0.05) is 47.6 Å². The van der Waals surface area contributed by atoms with Crippen LogP contribution in [0.25, 0.3) is 0 Å². The first kappa shape index (κ1) is 12.1. The van der Waals surface area contributed by atoms with Crippen molar-refractivity contribution in [1.82, 2.24) is 0 Å². The molecule has 0 aromatic heterocycles. The number of Topliss-reactive ketones (excluding diaryl/α,β-unsaturated/α-hetero) is 1. The number of ketones is 1. The first-order valence-corrected chi connectivity index (χ1v) is 5.51. The largest absolute Gasteiger partial charge is 0.384 e. The lowest BCUT2D eigenvalue weighted by molar-refractivity contribution is -0.116. The minimum Gasteiger partial charge on any atom is -0.384 e. The zero-order valence-electron chi connectivity index (χ0n) is 8.53. The van der Waals surface area contributed by atoms with Gasteiger partial charge in [0, 0.05) is 16.5 Å². The standard InChI is InChI=1S/C12H13BrO2/c1-3-11(14)8(2)12(15)9-6-4-5-7-10(9)13/h4-7,12,15H,2-3H2,1H3/t12-/m0/s1. The summed E-state index contributed by atoms with van der Waals surface area (Å²) in [5, 5.41) is 9.92. The Labute approximate surface area is 97.8 Å². The number of hydrogen-bond acceptors (Lipinski definition) is 2. The number of rotatable bonds is 4. The molecule has 0 saturated heterocycles. The van der Waals surface area contributed by atoms with E-state index in [9.17, 15) is 9.90 Å². The number of aliphatic hydroxyl groups excluding tert-OH is 1. The molecular formula is C12H13BrO2. The molecule has 0 saturated carbocycles. The van der Waals surface area contributed by atoms with Crippen molar-refractivity contribution in [2.24, 2.45) is 0 Å². The van der Waals surface area contributed by atoms with Gasteiger partial charge in [0.25, 0.3) is 0 Å². The van der Waals surface area contributed by atoms with Gasteiger partial charge in [-0.15, -0.1) is 0 Å². The van der Waals surface area contributed by atoms with E-state index in [4.69, 9.17) is 0 Å². The molecule has 2 nitrogen and oxygen atoms in total. The van der Waals surface area contributed by atoms with Gasteiger partial charge in [-0.2, -0.15) is 0 Å². The van der Waals surface area contributed by atoms with E-state index < -0.39 is 6.10 Å². The van der Waals surface area contributed by atoms with E-state index in [-0.39, 0.29) is 11.4 Å². The second-order valence-electron chi connectivity index (χ2n) is 3.23. The lowest BCUT2D eigenvalue weighted by Crippen LogP contribution is -2.09. The zero-order valence-corrected chi connectivity index (χ0v) is 10.1. The number of halogens is 1. The minimum atomic E-state index is -0.923. The van der Waals surface area contributed by atoms with Crippen LogP contribution in [-0.2, 0) is 4.79 Å². The maximum absolute atomic E-state index is 11.4. The Balaban J connectivity index is 2.95. The van der Waals surface area contributed by atoms with Crippen molar-refractivity contribution in [3.8, 4) is 0 Å². The van der Waals surface area contributed by atoms with E-state index in [0.717, 1.165) is 4.47 Å². The lowest BCUT2D eigenvalue weighted by atomic mass is 9.99. The Hall–Kier alpha value is -0.930. The fraction of sp³-hybridized carbons (Fsp3) is 0.250. The normalized spacial score (nSPS) is 12.2. The zero-order chi connectivity index (χ0) is 11.4. The van der Waals surface area contributed by atoms with E-state index in [1.54, 1.807) is 13.0 Å². The Morgan fingerprint density at radius 1 is 1.53 bits per heavy atom. The van der Waals surface area contributed by atoms with Gasteiger partial charge in [0.05, 0.1) is 0 Å². The monoisotopic (exact) mass is 268 g/mol. The Morgan fingerprint density at radius 2 is 2.13 bits per heavy atom. The molecule has 0 aliphatic rings. The highest BCUT2D eigenvalue weighted by Gasteiger charge is 2.18. The van der Waals surface area contributed by atoms with Gasteiger partial charge in [0.15, 0.2) is 5.78 Å². The van der Waals surface area contributed by atoms with Crippen LogP contribution in [0.4, 0.5) is 0 Å². The molecule has 1 aromatic carbocycles. The highest BCUT2D eigenvalue weighted by Crippen LogP contribution is 2.28. The molecule has 80 valence electrons. The first-order chi connectivity index (χ1) is 7.07. The van der Waals surface area contributed by atoms with Gasteiger partial charge in [0.1, 0.15) is 6.10 Å². The maximum atomic E-state index is 11.4. The van der Waals surface area contributed by atoms with Crippen LogP contribution in [-0.4, -0.2) is 10.9 Å². The van der Waals surface area contributed by atoms with E-state index in [1.165, 1.54) is 0 Å². The molecule has 0 amide bonds. The summed E-state index contributed by atoms with van der Waals surface area (Å²) in [5.74, 6) is -0.113. The number of benzene rings is 1. The average Bonchev–Trinajstić information content (AvgIpc) is 2.26. The van der Waals surface area contributed by atoms with Crippen LogP contribution in [0.2, 0.25) is 0 Å². The van der Waals surface area contributed by atoms with Crippen LogP contribution in [0, 0.1) is 0 Å². The fourth-order valence-corrected chi connectivity index (χ4v) is 1.77. The summed E-state index contributed by atoms with van der Waals surface area (Å²) in [6, 6.07) is 7.25. The summed E-state index contributed by atoms with van der Waals surface area (Å²) in [4.78, 5) is 11.4. The smallest absolute Gasteiger partial charge is 0.160 e. The van der Waals surface area contributed by atoms with Crippen LogP contribution in [0.3, 0.4) is 0 Å². The summed E-state index contributed by atoms with van der Waals surface area (Å²) >= 11 is 3.32. The summed E-state index contributed by atoms with van der Waals surface area (Å²) in [7, 11) is 0. The highest BCUT2D eigenvalue weighted by atomic mass is 79.9. The molecule has 0 aliphatic carbocycles. The van der Waals surface area contributed by atoms with Crippen LogP contribution in [0.1, 0.15) is 25.0 Å². The average molecular weight is 269 g/mol. The topological polar surface area (TPSA) is 37.3 Å². The van der Waals surface area contributed by atoms with Crippen LogP contribution in [0.5, 0.6) is 0 Å². The second kappa shape index (κ2) is 5.24. The van der Waals surface area contributed by atoms with Crippen molar-refractivity contribution in [2.45, 2.75) is 19.4 Å². The van der Waals surface area contributed by atoms with Crippen molar-refractivity contribution < 1.29 is 9.90 Å². The van der Waals surface area contributed by atoms with Gasteiger partial charge in [-0.25, -0.2) is 0 Å². The quantitative estimate of drug-likeness (QED) is 0.853. The maximum Gasteiger partial charge on any atom is 0.160 e. The third-order valence-corrected chi connectivity index (χ3v) is 2.93. The molecule has 3 heteroatoms. The number of hydrogen-bond donors (Lipinski definition) is 1.